The smallest absolute Gasteiger partial charge is 0.306 e. The van der Waals surface area contributed by atoms with Gasteiger partial charge in [-0.15, -0.1) is 0 Å². The number of ether oxygens (including phenoxy) is 3. The molecule has 0 aromatic carbocycles. The lowest BCUT2D eigenvalue weighted by molar-refractivity contribution is -0.167. The summed E-state index contributed by atoms with van der Waals surface area (Å²) in [4.78, 5) is 37.5. The van der Waals surface area contributed by atoms with Gasteiger partial charge in [-0.2, -0.15) is 0 Å². The third-order valence-corrected chi connectivity index (χ3v) is 10.5. The lowest BCUT2D eigenvalue weighted by atomic mass is 10.0. The SMILES string of the molecule is CCCCCCCCCCCCCCCC(=O)OC[C@@H](COC(=O)CCCCCCC)OC(=O)CCCCCCCCCCCCCCCCC(C)C. The van der Waals surface area contributed by atoms with Crippen molar-refractivity contribution in [2.45, 2.75) is 265 Å². The van der Waals surface area contributed by atoms with Gasteiger partial charge >= 0.3 is 17.9 Å². The quantitative estimate of drug-likeness (QED) is 0.0351. The molecule has 6 nitrogen and oxygen atoms in total. The number of carbonyl (C=O) groups is 3. The molecule has 0 unspecified atom stereocenters. The van der Waals surface area contributed by atoms with Gasteiger partial charge in [0.2, 0.25) is 0 Å². The molecule has 0 amide bonds. The van der Waals surface area contributed by atoms with E-state index in [-0.39, 0.29) is 31.1 Å². The van der Waals surface area contributed by atoms with Crippen molar-refractivity contribution in [2.24, 2.45) is 5.92 Å². The molecular formula is C47H90O6. The highest BCUT2D eigenvalue weighted by Crippen LogP contribution is 2.16. The normalized spacial score (nSPS) is 11.9. The van der Waals surface area contributed by atoms with Gasteiger partial charge in [0.05, 0.1) is 0 Å². The Labute approximate surface area is 329 Å². The minimum absolute atomic E-state index is 0.0644. The van der Waals surface area contributed by atoms with Crippen LogP contribution >= 0.6 is 0 Å². The Morgan fingerprint density at radius 1 is 0.358 bits per heavy atom. The molecule has 6 heteroatoms. The summed E-state index contributed by atoms with van der Waals surface area (Å²) in [6.07, 6.45) is 41.1. The fraction of sp³-hybridized carbons (Fsp3) is 0.936. The molecule has 0 aliphatic rings. The van der Waals surface area contributed by atoms with Gasteiger partial charge in [0.1, 0.15) is 13.2 Å². The summed E-state index contributed by atoms with van der Waals surface area (Å²) in [6, 6.07) is 0. The highest BCUT2D eigenvalue weighted by molar-refractivity contribution is 5.71. The van der Waals surface area contributed by atoms with Gasteiger partial charge in [-0.05, 0) is 25.2 Å². The molecule has 1 atom stereocenters. The average Bonchev–Trinajstić information content (AvgIpc) is 3.14. The zero-order valence-electron chi connectivity index (χ0n) is 36.0. The van der Waals surface area contributed by atoms with Crippen LogP contribution < -0.4 is 0 Å². The number of unbranched alkanes of at least 4 members (excludes halogenated alkanes) is 29. The standard InChI is InChI=1S/C47H90O6/c1-5-7-9-11-12-13-14-17-21-24-27-31-35-39-46(49)52-42-44(41-51-45(48)38-34-29-10-8-6-2)53-47(50)40-36-32-28-25-22-19-16-15-18-20-23-26-30-33-37-43(3)4/h43-44H,5-42H2,1-4H3/t44-/m1/s1. The molecule has 0 bridgehead atoms. The third kappa shape index (κ3) is 41.4. The molecule has 0 spiro atoms. The Kier molecular flexibility index (Phi) is 40.3. The van der Waals surface area contributed by atoms with Crippen LogP contribution in [-0.4, -0.2) is 37.2 Å². The molecule has 0 aromatic rings. The number of esters is 3. The molecule has 0 aliphatic heterocycles. The summed E-state index contributed by atoms with van der Waals surface area (Å²) in [5.74, 6) is -0.0221. The van der Waals surface area contributed by atoms with Gasteiger partial charge in [0.15, 0.2) is 6.10 Å². The number of carbonyl (C=O) groups excluding carboxylic acids is 3. The third-order valence-electron chi connectivity index (χ3n) is 10.5. The van der Waals surface area contributed by atoms with E-state index in [1.165, 1.54) is 148 Å². The molecule has 0 saturated heterocycles. The predicted molar refractivity (Wildman–Crippen MR) is 224 cm³/mol. The molecular weight excluding hydrogens is 661 g/mol. The molecule has 0 saturated carbocycles. The minimum atomic E-state index is -0.757. The Balaban J connectivity index is 4.15. The summed E-state index contributed by atoms with van der Waals surface area (Å²) in [6.45, 7) is 8.94. The van der Waals surface area contributed by atoms with Crippen LogP contribution in [0.4, 0.5) is 0 Å². The second kappa shape index (κ2) is 41.6. The molecule has 0 N–H and O–H groups in total. The zero-order chi connectivity index (χ0) is 38.9. The Bertz CT molecular complexity index is 796. The van der Waals surface area contributed by atoms with Crippen molar-refractivity contribution in [1.82, 2.24) is 0 Å². The lowest BCUT2D eigenvalue weighted by Crippen LogP contribution is -2.30. The van der Waals surface area contributed by atoms with Crippen LogP contribution in [0.5, 0.6) is 0 Å². The van der Waals surface area contributed by atoms with Crippen LogP contribution in [-0.2, 0) is 28.6 Å². The van der Waals surface area contributed by atoms with Crippen molar-refractivity contribution < 1.29 is 28.6 Å². The van der Waals surface area contributed by atoms with Crippen LogP contribution in [0, 0.1) is 5.92 Å². The first-order valence-electron chi connectivity index (χ1n) is 23.4. The molecule has 0 aromatic heterocycles. The summed E-state index contributed by atoms with van der Waals surface area (Å²) < 4.78 is 16.6. The van der Waals surface area contributed by atoms with Crippen molar-refractivity contribution in [3.63, 3.8) is 0 Å². The summed E-state index contributed by atoms with van der Waals surface area (Å²) in [7, 11) is 0. The van der Waals surface area contributed by atoms with Gasteiger partial charge in [-0.1, -0.05) is 220 Å². The van der Waals surface area contributed by atoms with E-state index in [9.17, 15) is 14.4 Å². The van der Waals surface area contributed by atoms with Crippen molar-refractivity contribution in [2.75, 3.05) is 13.2 Å². The monoisotopic (exact) mass is 751 g/mol. The molecule has 53 heavy (non-hydrogen) atoms. The number of hydrogen-bond acceptors (Lipinski definition) is 6. The van der Waals surface area contributed by atoms with E-state index in [1.807, 2.05) is 0 Å². The zero-order valence-corrected chi connectivity index (χ0v) is 36.0. The summed E-state index contributed by atoms with van der Waals surface area (Å²) >= 11 is 0. The maximum atomic E-state index is 12.7. The van der Waals surface area contributed by atoms with Crippen molar-refractivity contribution in [3.05, 3.63) is 0 Å². The second-order valence-corrected chi connectivity index (χ2v) is 16.5. The predicted octanol–water partition coefficient (Wildman–Crippen LogP) is 14.7. The topological polar surface area (TPSA) is 78.9 Å². The molecule has 314 valence electrons. The molecule has 0 heterocycles. The summed E-state index contributed by atoms with van der Waals surface area (Å²) in [5.41, 5.74) is 0. The van der Waals surface area contributed by atoms with E-state index >= 15 is 0 Å². The minimum Gasteiger partial charge on any atom is -0.462 e. The largest absolute Gasteiger partial charge is 0.462 e. The van der Waals surface area contributed by atoms with Crippen LogP contribution in [0.1, 0.15) is 259 Å². The second-order valence-electron chi connectivity index (χ2n) is 16.5. The van der Waals surface area contributed by atoms with Crippen molar-refractivity contribution in [1.29, 1.82) is 0 Å². The molecule has 0 rings (SSSR count). The maximum Gasteiger partial charge on any atom is 0.306 e. The van der Waals surface area contributed by atoms with Crippen LogP contribution in [0.2, 0.25) is 0 Å². The Hall–Kier alpha value is -1.59. The van der Waals surface area contributed by atoms with Gasteiger partial charge in [-0.25, -0.2) is 0 Å². The maximum absolute atomic E-state index is 12.7. The first kappa shape index (κ1) is 51.4. The Morgan fingerprint density at radius 3 is 0.925 bits per heavy atom. The van der Waals surface area contributed by atoms with Crippen LogP contribution in [0.3, 0.4) is 0 Å². The fourth-order valence-electron chi connectivity index (χ4n) is 6.98. The van der Waals surface area contributed by atoms with Crippen molar-refractivity contribution >= 4 is 17.9 Å². The lowest BCUT2D eigenvalue weighted by Gasteiger charge is -2.18. The first-order chi connectivity index (χ1) is 25.9. The van der Waals surface area contributed by atoms with Crippen LogP contribution in [0.15, 0.2) is 0 Å². The first-order valence-corrected chi connectivity index (χ1v) is 23.4. The molecule has 0 aliphatic carbocycles. The highest BCUT2D eigenvalue weighted by atomic mass is 16.6. The average molecular weight is 751 g/mol. The van der Waals surface area contributed by atoms with E-state index in [2.05, 4.69) is 27.7 Å². The molecule has 0 radical (unpaired) electrons. The van der Waals surface area contributed by atoms with E-state index in [0.29, 0.717) is 19.3 Å². The van der Waals surface area contributed by atoms with E-state index in [4.69, 9.17) is 14.2 Å². The van der Waals surface area contributed by atoms with Gasteiger partial charge in [0.25, 0.3) is 0 Å². The fourth-order valence-corrected chi connectivity index (χ4v) is 6.98. The van der Waals surface area contributed by atoms with Gasteiger partial charge in [-0.3, -0.25) is 14.4 Å². The van der Waals surface area contributed by atoms with E-state index in [1.54, 1.807) is 0 Å². The van der Waals surface area contributed by atoms with E-state index in [0.717, 1.165) is 70.1 Å². The van der Waals surface area contributed by atoms with Crippen molar-refractivity contribution in [3.8, 4) is 0 Å². The van der Waals surface area contributed by atoms with Gasteiger partial charge < -0.3 is 14.2 Å². The van der Waals surface area contributed by atoms with Gasteiger partial charge in [0, 0.05) is 19.3 Å². The summed E-state index contributed by atoms with van der Waals surface area (Å²) in [5, 5.41) is 0. The highest BCUT2D eigenvalue weighted by Gasteiger charge is 2.19. The van der Waals surface area contributed by atoms with E-state index < -0.39 is 6.10 Å². The molecule has 0 fully saturated rings. The Morgan fingerprint density at radius 2 is 0.623 bits per heavy atom. The number of rotatable bonds is 42. The number of hydrogen-bond donors (Lipinski definition) is 0. The van der Waals surface area contributed by atoms with Crippen LogP contribution in [0.25, 0.3) is 0 Å².